The van der Waals surface area contributed by atoms with E-state index in [9.17, 15) is 22.9 Å². The summed E-state index contributed by atoms with van der Waals surface area (Å²) in [6.07, 6.45) is 0. The first-order valence-corrected chi connectivity index (χ1v) is 7.86. The van der Waals surface area contributed by atoms with Gasteiger partial charge in [-0.15, -0.1) is 0 Å². The molecule has 1 saturated heterocycles. The van der Waals surface area contributed by atoms with E-state index in [1.54, 1.807) is 0 Å². The second kappa shape index (κ2) is 5.66. The number of piperazine rings is 1. The molecule has 116 valence electrons. The summed E-state index contributed by atoms with van der Waals surface area (Å²) in [6, 6.07) is 2.56. The van der Waals surface area contributed by atoms with Crippen molar-refractivity contribution in [3.8, 4) is 0 Å². The quantitative estimate of drug-likeness (QED) is 0.666. The van der Waals surface area contributed by atoms with Crippen LogP contribution < -0.4 is 5.32 Å². The predicted octanol–water partition coefficient (Wildman–Crippen LogP) is 1.10. The zero-order valence-corrected chi connectivity index (χ0v) is 12.4. The number of sulfonamides is 1. The number of nitro groups is 1. The van der Waals surface area contributed by atoms with E-state index in [1.807, 2.05) is 13.8 Å². The molecule has 1 N–H and O–H groups in total. The summed E-state index contributed by atoms with van der Waals surface area (Å²) < 4.78 is 39.6. The third kappa shape index (κ3) is 3.20. The Balaban J connectivity index is 2.40. The number of rotatable bonds is 3. The van der Waals surface area contributed by atoms with Gasteiger partial charge < -0.3 is 5.32 Å². The first kappa shape index (κ1) is 15.8. The van der Waals surface area contributed by atoms with Crippen LogP contribution in [0.2, 0.25) is 0 Å². The highest BCUT2D eigenvalue weighted by atomic mass is 32.2. The number of hydrogen-bond donors (Lipinski definition) is 1. The first-order chi connectivity index (χ1) is 9.71. The van der Waals surface area contributed by atoms with Crippen LogP contribution in [-0.2, 0) is 10.0 Å². The summed E-state index contributed by atoms with van der Waals surface area (Å²) in [5, 5.41) is 13.9. The fourth-order valence-electron chi connectivity index (χ4n) is 2.41. The predicted molar refractivity (Wildman–Crippen MR) is 73.9 cm³/mol. The Morgan fingerprint density at radius 2 is 1.90 bits per heavy atom. The molecule has 1 aromatic rings. The molecule has 0 aromatic heterocycles. The highest BCUT2D eigenvalue weighted by Crippen LogP contribution is 2.25. The van der Waals surface area contributed by atoms with Gasteiger partial charge in [-0.3, -0.25) is 10.1 Å². The molecular weight excluding hydrogens is 301 g/mol. The number of nitrogens with one attached hydrogen (secondary N) is 1. The van der Waals surface area contributed by atoms with E-state index in [-0.39, 0.29) is 30.1 Å². The summed E-state index contributed by atoms with van der Waals surface area (Å²) >= 11 is 0. The molecule has 2 rings (SSSR count). The monoisotopic (exact) mass is 317 g/mol. The Morgan fingerprint density at radius 1 is 1.33 bits per heavy atom. The maximum absolute atomic E-state index is 13.3. The molecule has 2 atom stereocenters. The zero-order chi connectivity index (χ0) is 15.8. The largest absolute Gasteiger partial charge is 0.309 e. The second-order valence-electron chi connectivity index (χ2n) is 5.16. The standard InChI is InChI=1S/C12H16FN3O4S/c1-8-6-15(7-9(2)14-8)21(19,20)10-3-4-11(13)12(5-10)16(17)18/h3-5,8-9,14H,6-7H2,1-2H3. The topological polar surface area (TPSA) is 92.5 Å². The first-order valence-electron chi connectivity index (χ1n) is 6.42. The molecule has 2 unspecified atom stereocenters. The number of hydrogen-bond acceptors (Lipinski definition) is 5. The summed E-state index contributed by atoms with van der Waals surface area (Å²) in [4.78, 5) is 9.53. The minimum Gasteiger partial charge on any atom is -0.309 e. The van der Waals surface area contributed by atoms with E-state index < -0.39 is 26.5 Å². The highest BCUT2D eigenvalue weighted by Gasteiger charge is 2.32. The van der Waals surface area contributed by atoms with Crippen molar-refractivity contribution >= 4 is 15.7 Å². The minimum atomic E-state index is -3.88. The summed E-state index contributed by atoms with van der Waals surface area (Å²) in [5.41, 5.74) is -0.840. The molecule has 1 aromatic carbocycles. The van der Waals surface area contributed by atoms with Gasteiger partial charge in [0.1, 0.15) is 0 Å². The lowest BCUT2D eigenvalue weighted by atomic mass is 10.2. The van der Waals surface area contributed by atoms with Crippen molar-refractivity contribution in [2.75, 3.05) is 13.1 Å². The molecule has 1 heterocycles. The van der Waals surface area contributed by atoms with Gasteiger partial charge in [-0.25, -0.2) is 8.42 Å². The molecule has 0 bridgehead atoms. The fraction of sp³-hybridized carbons (Fsp3) is 0.500. The normalized spacial score (nSPS) is 24.0. The fourth-order valence-corrected chi connectivity index (χ4v) is 4.05. The summed E-state index contributed by atoms with van der Waals surface area (Å²) in [6.45, 7) is 4.23. The van der Waals surface area contributed by atoms with Crippen molar-refractivity contribution in [3.05, 3.63) is 34.1 Å². The van der Waals surface area contributed by atoms with E-state index >= 15 is 0 Å². The van der Waals surface area contributed by atoms with Crippen molar-refractivity contribution in [2.45, 2.75) is 30.8 Å². The second-order valence-corrected chi connectivity index (χ2v) is 7.10. The Bertz CT molecular complexity index is 654. The van der Waals surface area contributed by atoms with Crippen LogP contribution in [0.3, 0.4) is 0 Å². The van der Waals surface area contributed by atoms with Crippen LogP contribution in [0.4, 0.5) is 10.1 Å². The molecular formula is C12H16FN3O4S. The third-order valence-electron chi connectivity index (χ3n) is 3.28. The Morgan fingerprint density at radius 3 is 2.43 bits per heavy atom. The lowest BCUT2D eigenvalue weighted by molar-refractivity contribution is -0.387. The van der Waals surface area contributed by atoms with Crippen molar-refractivity contribution in [1.82, 2.24) is 9.62 Å². The van der Waals surface area contributed by atoms with Gasteiger partial charge in [0.2, 0.25) is 15.8 Å². The van der Waals surface area contributed by atoms with Crippen molar-refractivity contribution < 1.29 is 17.7 Å². The van der Waals surface area contributed by atoms with Crippen molar-refractivity contribution in [3.63, 3.8) is 0 Å². The van der Waals surface area contributed by atoms with Crippen LogP contribution in [0.5, 0.6) is 0 Å². The molecule has 7 nitrogen and oxygen atoms in total. The molecule has 9 heteroatoms. The molecule has 1 aliphatic heterocycles. The van der Waals surface area contributed by atoms with Gasteiger partial charge in [0.05, 0.1) is 9.82 Å². The summed E-state index contributed by atoms with van der Waals surface area (Å²) in [7, 11) is -3.88. The molecule has 0 amide bonds. The van der Waals surface area contributed by atoms with Gasteiger partial charge >= 0.3 is 5.69 Å². The molecule has 0 saturated carbocycles. The number of nitrogens with zero attached hydrogens (tertiary/aromatic N) is 2. The minimum absolute atomic E-state index is 0.0287. The molecule has 1 aliphatic rings. The van der Waals surface area contributed by atoms with E-state index in [1.165, 1.54) is 4.31 Å². The van der Waals surface area contributed by atoms with Crippen LogP contribution in [0.25, 0.3) is 0 Å². The van der Waals surface area contributed by atoms with Gasteiger partial charge in [0.25, 0.3) is 0 Å². The number of benzene rings is 1. The van der Waals surface area contributed by atoms with Gasteiger partial charge in [-0.1, -0.05) is 0 Å². The highest BCUT2D eigenvalue weighted by molar-refractivity contribution is 7.89. The van der Waals surface area contributed by atoms with Crippen LogP contribution in [0.1, 0.15) is 13.8 Å². The lowest BCUT2D eigenvalue weighted by Crippen LogP contribution is -2.55. The molecule has 1 fully saturated rings. The van der Waals surface area contributed by atoms with Gasteiger partial charge in [0, 0.05) is 31.2 Å². The third-order valence-corrected chi connectivity index (χ3v) is 5.10. The van der Waals surface area contributed by atoms with Crippen LogP contribution in [0.15, 0.2) is 23.1 Å². The van der Waals surface area contributed by atoms with Crippen LogP contribution in [0, 0.1) is 15.9 Å². The number of halogens is 1. The Hall–Kier alpha value is -1.58. The zero-order valence-electron chi connectivity index (χ0n) is 11.6. The molecule has 0 aliphatic carbocycles. The summed E-state index contributed by atoms with van der Waals surface area (Å²) in [5.74, 6) is -1.05. The van der Waals surface area contributed by atoms with E-state index in [0.717, 1.165) is 18.2 Å². The van der Waals surface area contributed by atoms with Gasteiger partial charge in [-0.2, -0.15) is 8.70 Å². The average molecular weight is 317 g/mol. The van der Waals surface area contributed by atoms with Crippen molar-refractivity contribution in [1.29, 1.82) is 0 Å². The van der Waals surface area contributed by atoms with Gasteiger partial charge in [-0.05, 0) is 26.0 Å². The van der Waals surface area contributed by atoms with Crippen LogP contribution in [-0.4, -0.2) is 42.8 Å². The Kier molecular flexibility index (Phi) is 4.26. The smallest absolute Gasteiger partial charge is 0.306 e. The number of nitro benzene ring substituents is 1. The average Bonchev–Trinajstić information content (AvgIpc) is 2.37. The molecule has 0 spiro atoms. The van der Waals surface area contributed by atoms with Gasteiger partial charge in [0.15, 0.2) is 0 Å². The van der Waals surface area contributed by atoms with E-state index in [4.69, 9.17) is 0 Å². The Labute approximate surface area is 122 Å². The SMILES string of the molecule is CC1CN(S(=O)(=O)c2ccc(F)c([N+](=O)[O-])c2)CC(C)N1. The maximum Gasteiger partial charge on any atom is 0.306 e. The van der Waals surface area contributed by atoms with E-state index in [0.29, 0.717) is 0 Å². The lowest BCUT2D eigenvalue weighted by Gasteiger charge is -2.35. The molecule has 0 radical (unpaired) electrons. The van der Waals surface area contributed by atoms with E-state index in [2.05, 4.69) is 5.32 Å². The van der Waals surface area contributed by atoms with Crippen LogP contribution >= 0.6 is 0 Å². The maximum atomic E-state index is 13.3. The van der Waals surface area contributed by atoms with Crippen molar-refractivity contribution in [2.24, 2.45) is 0 Å². The molecule has 21 heavy (non-hydrogen) atoms.